The number of carboxylic acids is 1. The summed E-state index contributed by atoms with van der Waals surface area (Å²) in [6, 6.07) is 0. The molecule has 2 rings (SSSR count). The highest BCUT2D eigenvalue weighted by molar-refractivity contribution is 7.09. The lowest BCUT2D eigenvalue weighted by Crippen LogP contribution is -2.31. The summed E-state index contributed by atoms with van der Waals surface area (Å²) < 4.78 is 4.19. The highest BCUT2D eigenvalue weighted by atomic mass is 32.1. The van der Waals surface area contributed by atoms with Crippen LogP contribution < -0.4 is 4.90 Å². The zero-order valence-corrected chi connectivity index (χ0v) is 10.0. The second-order valence-electron chi connectivity index (χ2n) is 4.06. The molecular formula is C10H15N3O2S. The van der Waals surface area contributed by atoms with Gasteiger partial charge in [-0.15, -0.1) is 0 Å². The smallest absolute Gasteiger partial charge is 0.323 e. The summed E-state index contributed by atoms with van der Waals surface area (Å²) >= 11 is 1.30. The third kappa shape index (κ3) is 2.91. The van der Waals surface area contributed by atoms with E-state index in [4.69, 9.17) is 5.11 Å². The summed E-state index contributed by atoms with van der Waals surface area (Å²) in [6.07, 6.45) is 3.20. The second kappa shape index (κ2) is 4.78. The summed E-state index contributed by atoms with van der Waals surface area (Å²) in [6.45, 7) is 2.81. The van der Waals surface area contributed by atoms with E-state index in [-0.39, 0.29) is 6.54 Å². The van der Waals surface area contributed by atoms with Gasteiger partial charge in [-0.1, -0.05) is 6.92 Å². The molecule has 1 aromatic rings. The van der Waals surface area contributed by atoms with Crippen molar-refractivity contribution in [2.45, 2.75) is 26.2 Å². The molecule has 16 heavy (non-hydrogen) atoms. The fourth-order valence-corrected chi connectivity index (χ4v) is 2.26. The molecule has 0 unspecified atom stereocenters. The van der Waals surface area contributed by atoms with Gasteiger partial charge in [-0.3, -0.25) is 4.79 Å². The van der Waals surface area contributed by atoms with Gasteiger partial charge in [0.15, 0.2) is 0 Å². The third-order valence-corrected chi connectivity index (χ3v) is 3.36. The molecule has 0 radical (unpaired) electrons. The monoisotopic (exact) mass is 241 g/mol. The van der Waals surface area contributed by atoms with Gasteiger partial charge in [-0.2, -0.15) is 4.37 Å². The van der Waals surface area contributed by atoms with Gasteiger partial charge in [0.2, 0.25) is 5.13 Å². The van der Waals surface area contributed by atoms with E-state index < -0.39 is 5.97 Å². The zero-order valence-electron chi connectivity index (χ0n) is 9.22. The molecule has 6 heteroatoms. The topological polar surface area (TPSA) is 66.3 Å². The first-order chi connectivity index (χ1) is 7.69. The van der Waals surface area contributed by atoms with Gasteiger partial charge in [0.1, 0.15) is 12.4 Å². The standard InChI is InChI=1S/C10H15N3O2S/c1-2-8-11-10(16-12-8)13(6-9(14)15)5-7-3-4-7/h7H,2-6H2,1H3,(H,14,15). The maximum atomic E-state index is 10.8. The molecule has 5 nitrogen and oxygen atoms in total. The normalized spacial score (nSPS) is 15.1. The van der Waals surface area contributed by atoms with Crippen molar-refractivity contribution in [1.82, 2.24) is 9.36 Å². The van der Waals surface area contributed by atoms with Crippen LogP contribution in [-0.4, -0.2) is 33.5 Å². The Morgan fingerprint density at radius 3 is 2.88 bits per heavy atom. The number of hydrogen-bond acceptors (Lipinski definition) is 5. The van der Waals surface area contributed by atoms with E-state index in [0.717, 1.165) is 23.9 Å². The van der Waals surface area contributed by atoms with Crippen molar-refractivity contribution in [3.05, 3.63) is 5.82 Å². The largest absolute Gasteiger partial charge is 0.480 e. The van der Waals surface area contributed by atoms with Crippen LogP contribution in [0.1, 0.15) is 25.6 Å². The molecule has 1 aliphatic rings. The fourth-order valence-electron chi connectivity index (χ4n) is 1.50. The molecule has 0 amide bonds. The Kier molecular flexibility index (Phi) is 3.38. The van der Waals surface area contributed by atoms with Crippen LogP contribution in [0, 0.1) is 5.92 Å². The Morgan fingerprint density at radius 1 is 1.62 bits per heavy atom. The van der Waals surface area contributed by atoms with Gasteiger partial charge in [0, 0.05) is 24.5 Å². The van der Waals surface area contributed by atoms with Crippen LogP contribution in [-0.2, 0) is 11.2 Å². The molecule has 0 atom stereocenters. The van der Waals surface area contributed by atoms with Crippen LogP contribution in [0.4, 0.5) is 5.13 Å². The summed E-state index contributed by atoms with van der Waals surface area (Å²) in [4.78, 5) is 16.9. The van der Waals surface area contributed by atoms with Crippen molar-refractivity contribution >= 4 is 22.6 Å². The fraction of sp³-hybridized carbons (Fsp3) is 0.700. The Morgan fingerprint density at radius 2 is 2.38 bits per heavy atom. The molecule has 1 N–H and O–H groups in total. The lowest BCUT2D eigenvalue weighted by atomic mass is 10.4. The van der Waals surface area contributed by atoms with Gasteiger partial charge in [0.25, 0.3) is 0 Å². The van der Waals surface area contributed by atoms with Crippen LogP contribution >= 0.6 is 11.5 Å². The van der Waals surface area contributed by atoms with E-state index in [9.17, 15) is 4.79 Å². The van der Waals surface area contributed by atoms with Crippen molar-refractivity contribution in [2.75, 3.05) is 18.0 Å². The Balaban J connectivity index is 2.05. The first kappa shape index (κ1) is 11.3. The predicted molar refractivity (Wildman–Crippen MR) is 61.9 cm³/mol. The van der Waals surface area contributed by atoms with Crippen molar-refractivity contribution in [1.29, 1.82) is 0 Å². The maximum absolute atomic E-state index is 10.8. The maximum Gasteiger partial charge on any atom is 0.323 e. The lowest BCUT2D eigenvalue weighted by Gasteiger charge is -2.18. The van der Waals surface area contributed by atoms with Gasteiger partial charge in [-0.05, 0) is 18.8 Å². The lowest BCUT2D eigenvalue weighted by molar-refractivity contribution is -0.135. The summed E-state index contributed by atoms with van der Waals surface area (Å²) in [5.74, 6) is 0.633. The van der Waals surface area contributed by atoms with Gasteiger partial charge < -0.3 is 10.0 Å². The Labute approximate surface area is 98.3 Å². The highest BCUT2D eigenvalue weighted by Crippen LogP contribution is 2.31. The van der Waals surface area contributed by atoms with Gasteiger partial charge in [0.05, 0.1) is 0 Å². The number of carboxylic acid groups (broad SMARTS) is 1. The van der Waals surface area contributed by atoms with Crippen LogP contribution in [0.5, 0.6) is 0 Å². The minimum atomic E-state index is -0.811. The van der Waals surface area contributed by atoms with E-state index in [0.29, 0.717) is 5.92 Å². The number of anilines is 1. The van der Waals surface area contributed by atoms with Crippen molar-refractivity contribution in [3.8, 4) is 0 Å². The number of rotatable bonds is 6. The van der Waals surface area contributed by atoms with Crippen LogP contribution in [0.15, 0.2) is 0 Å². The number of aryl methyl sites for hydroxylation is 1. The van der Waals surface area contributed by atoms with E-state index in [1.165, 1.54) is 24.4 Å². The highest BCUT2D eigenvalue weighted by Gasteiger charge is 2.26. The quantitative estimate of drug-likeness (QED) is 0.815. The molecule has 1 saturated carbocycles. The van der Waals surface area contributed by atoms with Crippen LogP contribution in [0.25, 0.3) is 0 Å². The molecule has 1 aliphatic carbocycles. The molecule has 1 heterocycles. The van der Waals surface area contributed by atoms with E-state index in [2.05, 4.69) is 9.36 Å². The number of hydrogen-bond donors (Lipinski definition) is 1. The molecule has 0 spiro atoms. The van der Waals surface area contributed by atoms with E-state index >= 15 is 0 Å². The molecule has 0 aliphatic heterocycles. The Hall–Kier alpha value is -1.17. The van der Waals surface area contributed by atoms with Crippen molar-refractivity contribution in [3.63, 3.8) is 0 Å². The second-order valence-corrected chi connectivity index (χ2v) is 4.79. The summed E-state index contributed by atoms with van der Waals surface area (Å²) in [5.41, 5.74) is 0. The molecule has 0 saturated heterocycles. The number of aliphatic carboxylic acids is 1. The molecule has 1 aromatic heterocycles. The van der Waals surface area contributed by atoms with E-state index in [1.807, 2.05) is 11.8 Å². The Bertz CT molecular complexity index is 376. The minimum Gasteiger partial charge on any atom is -0.480 e. The van der Waals surface area contributed by atoms with Gasteiger partial charge >= 0.3 is 5.97 Å². The van der Waals surface area contributed by atoms with Gasteiger partial charge in [-0.25, -0.2) is 4.98 Å². The van der Waals surface area contributed by atoms with Crippen LogP contribution in [0.2, 0.25) is 0 Å². The minimum absolute atomic E-state index is 0.0227. The van der Waals surface area contributed by atoms with Crippen molar-refractivity contribution in [2.24, 2.45) is 5.92 Å². The molecule has 88 valence electrons. The first-order valence-electron chi connectivity index (χ1n) is 5.48. The number of carbonyl (C=O) groups is 1. The number of aromatic nitrogens is 2. The number of nitrogens with zero attached hydrogens (tertiary/aromatic N) is 3. The molecule has 1 fully saturated rings. The van der Waals surface area contributed by atoms with E-state index in [1.54, 1.807) is 0 Å². The van der Waals surface area contributed by atoms with Crippen molar-refractivity contribution < 1.29 is 9.90 Å². The SMILES string of the molecule is CCc1nsc(N(CC(=O)O)CC2CC2)n1. The third-order valence-electron chi connectivity index (χ3n) is 2.55. The molecular weight excluding hydrogens is 226 g/mol. The predicted octanol–water partition coefficient (Wildman–Crippen LogP) is 1.40. The first-order valence-corrected chi connectivity index (χ1v) is 6.25. The summed E-state index contributed by atoms with van der Waals surface area (Å²) in [5, 5.41) is 9.60. The van der Waals surface area contributed by atoms with Crippen LogP contribution in [0.3, 0.4) is 0 Å². The average Bonchev–Trinajstić information content (AvgIpc) is 2.93. The molecule has 0 aromatic carbocycles. The molecule has 0 bridgehead atoms. The zero-order chi connectivity index (χ0) is 11.5. The average molecular weight is 241 g/mol. The summed E-state index contributed by atoms with van der Waals surface area (Å²) in [7, 11) is 0.